The van der Waals surface area contributed by atoms with Gasteiger partial charge in [0.05, 0.1) is 24.9 Å². The van der Waals surface area contributed by atoms with Crippen LogP contribution in [0.5, 0.6) is 5.75 Å². The van der Waals surface area contributed by atoms with Gasteiger partial charge in [-0.05, 0) is 79.2 Å². The molecule has 0 saturated carbocycles. The second kappa shape index (κ2) is 9.88. The highest BCUT2D eigenvalue weighted by Crippen LogP contribution is 2.41. The fourth-order valence-corrected chi connectivity index (χ4v) is 5.19. The van der Waals surface area contributed by atoms with Crippen LogP contribution in [0.2, 0.25) is 0 Å². The Hall–Kier alpha value is -3.71. The van der Waals surface area contributed by atoms with E-state index in [1.807, 2.05) is 48.9 Å². The second-order valence-electron chi connectivity index (χ2n) is 8.88. The quantitative estimate of drug-likeness (QED) is 0.368. The Morgan fingerprint density at radius 1 is 0.971 bits per heavy atom. The molecule has 7 heteroatoms. The first-order valence-electron chi connectivity index (χ1n) is 11.7. The number of thiocarbonyl (C=S) groups is 1. The van der Waals surface area contributed by atoms with Crippen LogP contribution in [0, 0.1) is 13.8 Å². The summed E-state index contributed by atoms with van der Waals surface area (Å²) in [4.78, 5) is 11.3. The first-order chi connectivity index (χ1) is 17.0. The molecule has 6 nitrogen and oxygen atoms in total. The molecule has 1 aliphatic rings. The molecule has 0 radical (unpaired) electrons. The summed E-state index contributed by atoms with van der Waals surface area (Å²) < 4.78 is 7.69. The van der Waals surface area contributed by atoms with E-state index in [9.17, 15) is 0 Å². The standard InChI is InChI=1S/C28H29N5OS/c1-19-15-24(20(2)32(19)18-22-7-6-13-29-16-22)27-26(25-8-4-5-14-30-25)31-28(35)33(27)17-21-9-11-23(34-3)12-10-21/h4-16,26-27H,17-18H2,1-3H3,(H,31,35)/t26-,27-/m1/s1. The summed E-state index contributed by atoms with van der Waals surface area (Å²) >= 11 is 5.88. The van der Waals surface area contributed by atoms with Gasteiger partial charge in [0.2, 0.25) is 0 Å². The SMILES string of the molecule is COc1ccc(CN2C(=S)N[C@H](c3ccccn3)[C@H]2c2cc(C)n(Cc3cccnc3)c2C)cc1. The molecular weight excluding hydrogens is 454 g/mol. The van der Waals surface area contributed by atoms with Crippen molar-refractivity contribution in [3.8, 4) is 5.75 Å². The highest BCUT2D eigenvalue weighted by atomic mass is 32.1. The lowest BCUT2D eigenvalue weighted by molar-refractivity contribution is 0.309. The molecule has 1 N–H and O–H groups in total. The zero-order chi connectivity index (χ0) is 24.4. The summed E-state index contributed by atoms with van der Waals surface area (Å²) in [6.45, 7) is 5.83. The Labute approximate surface area is 211 Å². The number of hydrogen-bond donors (Lipinski definition) is 1. The minimum absolute atomic E-state index is 0.00773. The molecule has 3 aromatic heterocycles. The zero-order valence-electron chi connectivity index (χ0n) is 20.2. The number of hydrogen-bond acceptors (Lipinski definition) is 4. The van der Waals surface area contributed by atoms with Gasteiger partial charge in [0.1, 0.15) is 5.75 Å². The van der Waals surface area contributed by atoms with Crippen LogP contribution in [0.1, 0.15) is 45.9 Å². The summed E-state index contributed by atoms with van der Waals surface area (Å²) in [6, 6.07) is 20.6. The van der Waals surface area contributed by atoms with Crippen molar-refractivity contribution in [3.05, 3.63) is 113 Å². The summed E-state index contributed by atoms with van der Waals surface area (Å²) in [6.07, 6.45) is 5.58. The molecule has 4 aromatic rings. The smallest absolute Gasteiger partial charge is 0.170 e. The lowest BCUT2D eigenvalue weighted by Gasteiger charge is -2.28. The molecule has 4 heterocycles. The normalized spacial score (nSPS) is 17.5. The van der Waals surface area contributed by atoms with Crippen molar-refractivity contribution in [1.29, 1.82) is 0 Å². The number of rotatable bonds is 7. The van der Waals surface area contributed by atoms with E-state index in [1.54, 1.807) is 7.11 Å². The molecule has 2 atom stereocenters. The van der Waals surface area contributed by atoms with Crippen LogP contribution in [-0.2, 0) is 13.1 Å². The summed E-state index contributed by atoms with van der Waals surface area (Å²) in [5.74, 6) is 0.845. The molecule has 0 bridgehead atoms. The van der Waals surface area contributed by atoms with Gasteiger partial charge in [-0.3, -0.25) is 9.97 Å². The number of benzene rings is 1. The van der Waals surface area contributed by atoms with Gasteiger partial charge in [0, 0.05) is 43.1 Å². The van der Waals surface area contributed by atoms with Crippen molar-refractivity contribution < 1.29 is 4.74 Å². The Morgan fingerprint density at radius 2 is 1.80 bits per heavy atom. The zero-order valence-corrected chi connectivity index (χ0v) is 21.0. The number of methoxy groups -OCH3 is 1. The van der Waals surface area contributed by atoms with Crippen molar-refractivity contribution in [2.45, 2.75) is 39.0 Å². The number of ether oxygens (including phenoxy) is 1. The molecule has 35 heavy (non-hydrogen) atoms. The maximum Gasteiger partial charge on any atom is 0.170 e. The van der Waals surface area contributed by atoms with Gasteiger partial charge in [-0.15, -0.1) is 0 Å². The van der Waals surface area contributed by atoms with Crippen molar-refractivity contribution in [2.75, 3.05) is 7.11 Å². The van der Waals surface area contributed by atoms with E-state index in [0.29, 0.717) is 6.54 Å². The van der Waals surface area contributed by atoms with Gasteiger partial charge >= 0.3 is 0 Å². The molecule has 5 rings (SSSR count). The predicted octanol–water partition coefficient (Wildman–Crippen LogP) is 5.12. The number of pyridine rings is 2. The molecule has 0 aliphatic carbocycles. The van der Waals surface area contributed by atoms with Crippen LogP contribution < -0.4 is 10.1 Å². The summed E-state index contributed by atoms with van der Waals surface area (Å²) in [5, 5.41) is 4.30. The van der Waals surface area contributed by atoms with Crippen LogP contribution in [0.4, 0.5) is 0 Å². The summed E-state index contributed by atoms with van der Waals surface area (Å²) in [7, 11) is 1.68. The number of nitrogens with zero attached hydrogens (tertiary/aromatic N) is 4. The van der Waals surface area contributed by atoms with E-state index in [2.05, 4.69) is 68.9 Å². The lowest BCUT2D eigenvalue weighted by Crippen LogP contribution is -2.29. The van der Waals surface area contributed by atoms with Crippen LogP contribution in [0.25, 0.3) is 0 Å². The van der Waals surface area contributed by atoms with E-state index < -0.39 is 0 Å². The van der Waals surface area contributed by atoms with Gasteiger partial charge in [-0.25, -0.2) is 0 Å². The Balaban J connectivity index is 1.54. The monoisotopic (exact) mass is 483 g/mol. The van der Waals surface area contributed by atoms with Gasteiger partial charge in [0.15, 0.2) is 5.11 Å². The average molecular weight is 484 g/mol. The number of nitrogens with one attached hydrogen (secondary N) is 1. The lowest BCUT2D eigenvalue weighted by atomic mass is 9.96. The maximum absolute atomic E-state index is 5.88. The van der Waals surface area contributed by atoms with Crippen molar-refractivity contribution in [3.63, 3.8) is 0 Å². The molecule has 1 saturated heterocycles. The molecule has 1 aromatic carbocycles. The molecule has 0 unspecified atom stereocenters. The van der Waals surface area contributed by atoms with Crippen LogP contribution >= 0.6 is 12.2 Å². The fourth-order valence-electron chi connectivity index (χ4n) is 4.89. The van der Waals surface area contributed by atoms with Crippen LogP contribution in [0.3, 0.4) is 0 Å². The predicted molar refractivity (Wildman–Crippen MR) is 141 cm³/mol. The molecular formula is C28H29N5OS. The van der Waals surface area contributed by atoms with Crippen LogP contribution in [0.15, 0.2) is 79.3 Å². The van der Waals surface area contributed by atoms with E-state index >= 15 is 0 Å². The molecule has 178 valence electrons. The number of aryl methyl sites for hydroxylation is 1. The van der Waals surface area contributed by atoms with E-state index in [0.717, 1.165) is 23.1 Å². The van der Waals surface area contributed by atoms with Crippen molar-refractivity contribution in [1.82, 2.24) is 24.8 Å². The van der Waals surface area contributed by atoms with Gasteiger partial charge in [0.25, 0.3) is 0 Å². The Kier molecular flexibility index (Phi) is 6.51. The Morgan fingerprint density at radius 3 is 2.49 bits per heavy atom. The first kappa shape index (κ1) is 23.1. The van der Waals surface area contributed by atoms with E-state index in [-0.39, 0.29) is 12.1 Å². The summed E-state index contributed by atoms with van der Waals surface area (Å²) in [5.41, 5.74) is 7.02. The number of aromatic nitrogens is 3. The van der Waals surface area contributed by atoms with Gasteiger partial charge < -0.3 is 19.5 Å². The van der Waals surface area contributed by atoms with Crippen molar-refractivity contribution >= 4 is 17.3 Å². The molecule has 1 aliphatic heterocycles. The van der Waals surface area contributed by atoms with Crippen molar-refractivity contribution in [2.24, 2.45) is 0 Å². The highest BCUT2D eigenvalue weighted by Gasteiger charge is 2.41. The first-order valence-corrected chi connectivity index (χ1v) is 12.1. The van der Waals surface area contributed by atoms with E-state index in [1.165, 1.54) is 28.1 Å². The third kappa shape index (κ3) is 4.64. The van der Waals surface area contributed by atoms with Crippen LogP contribution in [-0.4, -0.2) is 31.7 Å². The van der Waals surface area contributed by atoms with E-state index in [4.69, 9.17) is 17.0 Å². The average Bonchev–Trinajstić information content (AvgIpc) is 3.36. The largest absolute Gasteiger partial charge is 0.497 e. The van der Waals surface area contributed by atoms with Gasteiger partial charge in [-0.1, -0.05) is 24.3 Å². The maximum atomic E-state index is 5.88. The second-order valence-corrected chi connectivity index (χ2v) is 9.26. The third-order valence-electron chi connectivity index (χ3n) is 6.70. The third-order valence-corrected chi connectivity index (χ3v) is 7.06. The van der Waals surface area contributed by atoms with Gasteiger partial charge in [-0.2, -0.15) is 0 Å². The minimum Gasteiger partial charge on any atom is -0.497 e. The fraction of sp³-hybridized carbons (Fsp3) is 0.250. The topological polar surface area (TPSA) is 55.2 Å². The molecule has 0 amide bonds. The highest BCUT2D eigenvalue weighted by molar-refractivity contribution is 7.80. The Bertz CT molecular complexity index is 1300. The molecule has 0 spiro atoms. The molecule has 1 fully saturated rings. The minimum atomic E-state index is -0.0470.